The third-order valence-electron chi connectivity index (χ3n) is 3.67. The number of hydrogen-bond acceptors (Lipinski definition) is 3. The number of rotatable bonds is 3. The average molecular weight is 214 g/mol. The van der Waals surface area contributed by atoms with Crippen LogP contribution in [0.4, 0.5) is 0 Å². The van der Waals surface area contributed by atoms with Gasteiger partial charge in [-0.05, 0) is 19.1 Å². The second-order valence-corrected chi connectivity index (χ2v) is 5.89. The number of piperazine rings is 1. The van der Waals surface area contributed by atoms with Crippen LogP contribution in [0.5, 0.6) is 0 Å². The van der Waals surface area contributed by atoms with E-state index in [0.717, 1.165) is 0 Å². The third-order valence-corrected chi connectivity index (χ3v) is 5.07. The Balaban J connectivity index is 1.86. The molecule has 1 saturated carbocycles. The van der Waals surface area contributed by atoms with Gasteiger partial charge in [0.25, 0.3) is 0 Å². The van der Waals surface area contributed by atoms with Crippen molar-refractivity contribution < 1.29 is 0 Å². The molecule has 3 heteroatoms. The van der Waals surface area contributed by atoms with Crippen LogP contribution in [0.3, 0.4) is 0 Å². The lowest BCUT2D eigenvalue weighted by Gasteiger charge is -2.36. The van der Waals surface area contributed by atoms with E-state index in [0.29, 0.717) is 4.75 Å². The van der Waals surface area contributed by atoms with Crippen LogP contribution in [-0.2, 0) is 0 Å². The van der Waals surface area contributed by atoms with E-state index in [1.54, 1.807) is 0 Å². The first-order chi connectivity index (χ1) is 6.85. The first-order valence-electron chi connectivity index (χ1n) is 5.83. The van der Waals surface area contributed by atoms with Gasteiger partial charge in [-0.2, -0.15) is 11.8 Å². The summed E-state index contributed by atoms with van der Waals surface area (Å²) in [5.41, 5.74) is 0. The largest absolute Gasteiger partial charge is 0.314 e. The average Bonchev–Trinajstić information content (AvgIpc) is 2.69. The minimum Gasteiger partial charge on any atom is -0.314 e. The maximum absolute atomic E-state index is 3.42. The van der Waals surface area contributed by atoms with Gasteiger partial charge in [0.15, 0.2) is 0 Å². The van der Waals surface area contributed by atoms with Gasteiger partial charge in [0, 0.05) is 37.5 Å². The van der Waals surface area contributed by atoms with Crippen molar-refractivity contribution in [1.29, 1.82) is 0 Å². The predicted octanol–water partition coefficient (Wildman–Crippen LogP) is 1.57. The summed E-state index contributed by atoms with van der Waals surface area (Å²) in [6.07, 6.45) is 8.09. The molecule has 1 heterocycles. The molecule has 14 heavy (non-hydrogen) atoms. The normalized spacial score (nSPS) is 28.1. The summed E-state index contributed by atoms with van der Waals surface area (Å²) in [5, 5.41) is 3.42. The van der Waals surface area contributed by atoms with E-state index < -0.39 is 0 Å². The van der Waals surface area contributed by atoms with E-state index in [2.05, 4.69) is 28.2 Å². The highest BCUT2D eigenvalue weighted by molar-refractivity contribution is 8.00. The van der Waals surface area contributed by atoms with Crippen molar-refractivity contribution in [2.75, 3.05) is 39.0 Å². The maximum atomic E-state index is 3.42. The Morgan fingerprint density at radius 3 is 2.43 bits per heavy atom. The van der Waals surface area contributed by atoms with Gasteiger partial charge in [-0.15, -0.1) is 0 Å². The third kappa shape index (κ3) is 2.44. The van der Waals surface area contributed by atoms with Gasteiger partial charge in [0.2, 0.25) is 0 Å². The van der Waals surface area contributed by atoms with Gasteiger partial charge >= 0.3 is 0 Å². The fourth-order valence-corrected chi connectivity index (χ4v) is 3.73. The van der Waals surface area contributed by atoms with Crippen LogP contribution < -0.4 is 5.32 Å². The van der Waals surface area contributed by atoms with E-state index in [1.807, 2.05) is 0 Å². The lowest BCUT2D eigenvalue weighted by Crippen LogP contribution is -2.48. The molecule has 1 N–H and O–H groups in total. The van der Waals surface area contributed by atoms with Gasteiger partial charge in [-0.3, -0.25) is 4.90 Å². The standard InChI is InChI=1S/C11H22N2S/c1-14-11(4-2-3-5-11)10-13-8-6-12-7-9-13/h12H,2-10H2,1H3. The molecule has 0 amide bonds. The number of hydrogen-bond donors (Lipinski definition) is 1. The van der Waals surface area contributed by atoms with Crippen LogP contribution in [-0.4, -0.2) is 48.6 Å². The van der Waals surface area contributed by atoms with E-state index in [1.165, 1.54) is 58.4 Å². The van der Waals surface area contributed by atoms with E-state index >= 15 is 0 Å². The summed E-state index contributed by atoms with van der Waals surface area (Å²) in [5.74, 6) is 0. The molecule has 1 saturated heterocycles. The predicted molar refractivity (Wildman–Crippen MR) is 64.0 cm³/mol. The lowest BCUT2D eigenvalue weighted by atomic mass is 10.1. The number of nitrogens with zero attached hydrogens (tertiary/aromatic N) is 1. The van der Waals surface area contributed by atoms with Crippen molar-refractivity contribution in [2.45, 2.75) is 30.4 Å². The van der Waals surface area contributed by atoms with Gasteiger partial charge in [-0.25, -0.2) is 0 Å². The summed E-state index contributed by atoms with van der Waals surface area (Å²) in [6, 6.07) is 0. The highest BCUT2D eigenvalue weighted by atomic mass is 32.2. The van der Waals surface area contributed by atoms with Gasteiger partial charge in [0.1, 0.15) is 0 Å². The fraction of sp³-hybridized carbons (Fsp3) is 1.00. The van der Waals surface area contributed by atoms with Gasteiger partial charge < -0.3 is 5.32 Å². The van der Waals surface area contributed by atoms with Crippen molar-refractivity contribution >= 4 is 11.8 Å². The summed E-state index contributed by atoms with van der Waals surface area (Å²) in [6.45, 7) is 6.20. The first kappa shape index (κ1) is 10.8. The molecular weight excluding hydrogens is 192 g/mol. The van der Waals surface area contributed by atoms with Gasteiger partial charge in [0.05, 0.1) is 0 Å². The molecule has 2 fully saturated rings. The van der Waals surface area contributed by atoms with Crippen LogP contribution in [0, 0.1) is 0 Å². The van der Waals surface area contributed by atoms with Crippen LogP contribution in [0.15, 0.2) is 0 Å². The van der Waals surface area contributed by atoms with E-state index in [9.17, 15) is 0 Å². The van der Waals surface area contributed by atoms with Crippen molar-refractivity contribution in [3.8, 4) is 0 Å². The minimum atomic E-state index is 0.608. The Morgan fingerprint density at radius 2 is 1.86 bits per heavy atom. The zero-order valence-electron chi connectivity index (χ0n) is 9.22. The van der Waals surface area contributed by atoms with Crippen molar-refractivity contribution in [2.24, 2.45) is 0 Å². The monoisotopic (exact) mass is 214 g/mol. The first-order valence-corrected chi connectivity index (χ1v) is 7.05. The van der Waals surface area contributed by atoms with Crippen molar-refractivity contribution in [3.05, 3.63) is 0 Å². The van der Waals surface area contributed by atoms with Gasteiger partial charge in [-0.1, -0.05) is 12.8 Å². The SMILES string of the molecule is CSC1(CN2CCNCC2)CCCC1. The molecule has 0 spiro atoms. The molecule has 1 aliphatic heterocycles. The van der Waals surface area contributed by atoms with E-state index in [4.69, 9.17) is 0 Å². The number of thioether (sulfide) groups is 1. The molecule has 0 aromatic rings. The second kappa shape index (κ2) is 4.86. The van der Waals surface area contributed by atoms with Crippen LogP contribution in [0.2, 0.25) is 0 Å². The molecule has 2 rings (SSSR count). The Morgan fingerprint density at radius 1 is 1.21 bits per heavy atom. The summed E-state index contributed by atoms with van der Waals surface area (Å²) in [7, 11) is 0. The Bertz CT molecular complexity index is 172. The Labute approximate surface area is 91.8 Å². The van der Waals surface area contributed by atoms with Crippen LogP contribution >= 0.6 is 11.8 Å². The van der Waals surface area contributed by atoms with Crippen LogP contribution in [0.1, 0.15) is 25.7 Å². The summed E-state index contributed by atoms with van der Waals surface area (Å²) < 4.78 is 0.608. The smallest absolute Gasteiger partial charge is 0.0284 e. The van der Waals surface area contributed by atoms with E-state index in [-0.39, 0.29) is 0 Å². The Kier molecular flexibility index (Phi) is 3.74. The fourth-order valence-electron chi connectivity index (χ4n) is 2.72. The van der Waals surface area contributed by atoms with Crippen LogP contribution in [0.25, 0.3) is 0 Å². The Hall–Kier alpha value is 0.270. The minimum absolute atomic E-state index is 0.608. The lowest BCUT2D eigenvalue weighted by molar-refractivity contribution is 0.218. The second-order valence-electron chi connectivity index (χ2n) is 4.62. The molecule has 0 aromatic heterocycles. The zero-order chi connectivity index (χ0) is 9.86. The molecule has 0 radical (unpaired) electrons. The quantitative estimate of drug-likeness (QED) is 0.768. The molecule has 0 aromatic carbocycles. The maximum Gasteiger partial charge on any atom is 0.0284 e. The highest BCUT2D eigenvalue weighted by Gasteiger charge is 2.34. The molecule has 2 nitrogen and oxygen atoms in total. The zero-order valence-corrected chi connectivity index (χ0v) is 10.0. The summed E-state index contributed by atoms with van der Waals surface area (Å²) in [4.78, 5) is 2.65. The van der Waals surface area contributed by atoms with Crippen molar-refractivity contribution in [1.82, 2.24) is 10.2 Å². The molecule has 1 aliphatic carbocycles. The number of nitrogens with one attached hydrogen (secondary N) is 1. The topological polar surface area (TPSA) is 15.3 Å². The molecule has 2 aliphatic rings. The molecule has 0 atom stereocenters. The molecular formula is C11H22N2S. The highest BCUT2D eigenvalue weighted by Crippen LogP contribution is 2.40. The molecule has 0 bridgehead atoms. The summed E-state index contributed by atoms with van der Waals surface area (Å²) >= 11 is 2.11. The molecule has 0 unspecified atom stereocenters. The van der Waals surface area contributed by atoms with Crippen molar-refractivity contribution in [3.63, 3.8) is 0 Å². The molecule has 82 valence electrons.